The molecule has 3 N–H and O–H groups in total. The van der Waals surface area contributed by atoms with Gasteiger partial charge in [-0.15, -0.1) is 0 Å². The minimum absolute atomic E-state index is 0.00444. The molecule has 0 saturated carbocycles. The first kappa shape index (κ1) is 11.7. The first-order valence-corrected chi connectivity index (χ1v) is 5.05. The second-order valence-corrected chi connectivity index (χ2v) is 3.78. The number of nitrogens with zero attached hydrogens (tertiary/aromatic N) is 2. The van der Waals surface area contributed by atoms with Crippen molar-refractivity contribution in [2.24, 2.45) is 5.73 Å². The zero-order chi connectivity index (χ0) is 13.3. The number of phenols is 1. The molecule has 1 unspecified atom stereocenters. The monoisotopic (exact) mass is 247 g/mol. The maximum Gasteiger partial charge on any atom is 0.215 e. The molecule has 1 aromatic carbocycles. The van der Waals surface area contributed by atoms with Gasteiger partial charge in [0.25, 0.3) is 0 Å². The van der Waals surface area contributed by atoms with E-state index in [1.807, 2.05) is 6.07 Å². The summed E-state index contributed by atoms with van der Waals surface area (Å²) in [6, 6.07) is 5.99. The minimum atomic E-state index is -0.805. The number of aromatic hydroxyl groups is 1. The Balaban J connectivity index is 2.55. The molecule has 0 aromatic heterocycles. The Kier molecular flexibility index (Phi) is 2.77. The van der Waals surface area contributed by atoms with Crippen LogP contribution in [-0.2, 0) is 0 Å². The first-order valence-electron chi connectivity index (χ1n) is 5.05. The standard InChI is InChI=1S/C11H9N3O4/c12-4-8-9(5-14(16)17)7-3-6(15)1-2-10(7)18-11(8)13/h1-3,9,15H,5,13H2. The quantitative estimate of drug-likeness (QED) is 0.589. The molecule has 18 heavy (non-hydrogen) atoms. The average molecular weight is 247 g/mol. The Bertz CT molecular complexity index is 588. The van der Waals surface area contributed by atoms with Gasteiger partial charge in [0.1, 0.15) is 23.1 Å². The van der Waals surface area contributed by atoms with Gasteiger partial charge >= 0.3 is 0 Å². The van der Waals surface area contributed by atoms with E-state index >= 15 is 0 Å². The van der Waals surface area contributed by atoms with Crippen LogP contribution in [0.5, 0.6) is 11.5 Å². The lowest BCUT2D eigenvalue weighted by atomic mass is 9.89. The van der Waals surface area contributed by atoms with E-state index in [1.165, 1.54) is 18.2 Å². The van der Waals surface area contributed by atoms with Crippen LogP contribution in [0.15, 0.2) is 29.7 Å². The van der Waals surface area contributed by atoms with Crippen LogP contribution in [-0.4, -0.2) is 16.6 Å². The van der Waals surface area contributed by atoms with E-state index in [0.29, 0.717) is 11.3 Å². The maximum atomic E-state index is 10.7. The number of fused-ring (bicyclic) bond motifs is 1. The Labute approximate surface area is 102 Å². The van der Waals surface area contributed by atoms with E-state index < -0.39 is 17.4 Å². The van der Waals surface area contributed by atoms with Gasteiger partial charge in [0, 0.05) is 10.5 Å². The maximum absolute atomic E-state index is 10.7. The number of phenolic OH excluding ortho intramolecular Hbond substituents is 1. The summed E-state index contributed by atoms with van der Waals surface area (Å²) in [5, 5.41) is 29.1. The first-order chi connectivity index (χ1) is 8.52. The normalized spacial score (nSPS) is 17.6. The molecule has 1 heterocycles. The number of nitrogens with two attached hydrogens (primary N) is 1. The van der Waals surface area contributed by atoms with Crippen molar-refractivity contribution < 1.29 is 14.8 Å². The van der Waals surface area contributed by atoms with Crippen molar-refractivity contribution in [3.8, 4) is 17.6 Å². The summed E-state index contributed by atoms with van der Waals surface area (Å²) < 4.78 is 5.20. The fourth-order valence-corrected chi connectivity index (χ4v) is 1.87. The molecule has 0 amide bonds. The third-order valence-electron chi connectivity index (χ3n) is 2.65. The molecule has 7 nitrogen and oxygen atoms in total. The highest BCUT2D eigenvalue weighted by molar-refractivity contribution is 5.52. The molecule has 2 rings (SSSR count). The summed E-state index contributed by atoms with van der Waals surface area (Å²) in [6.45, 7) is -0.483. The third kappa shape index (κ3) is 1.91. The van der Waals surface area contributed by atoms with Crippen LogP contribution in [0.25, 0.3) is 0 Å². The summed E-state index contributed by atoms with van der Waals surface area (Å²) in [5.74, 6) is -0.678. The van der Waals surface area contributed by atoms with Crippen molar-refractivity contribution in [2.75, 3.05) is 6.54 Å². The molecular weight excluding hydrogens is 238 g/mol. The molecule has 0 radical (unpaired) electrons. The number of ether oxygens (including phenoxy) is 1. The Hall–Kier alpha value is -2.75. The number of nitriles is 1. The van der Waals surface area contributed by atoms with Gasteiger partial charge < -0.3 is 15.6 Å². The van der Waals surface area contributed by atoms with Gasteiger partial charge in [-0.3, -0.25) is 10.1 Å². The minimum Gasteiger partial charge on any atom is -0.508 e. The predicted octanol–water partition coefficient (Wildman–Crippen LogP) is 0.839. The largest absolute Gasteiger partial charge is 0.508 e. The van der Waals surface area contributed by atoms with Gasteiger partial charge in [-0.25, -0.2) is 0 Å². The number of hydrogen-bond donors (Lipinski definition) is 2. The van der Waals surface area contributed by atoms with E-state index in [1.54, 1.807) is 0 Å². The molecule has 7 heteroatoms. The number of hydrogen-bond acceptors (Lipinski definition) is 6. The second kappa shape index (κ2) is 4.25. The van der Waals surface area contributed by atoms with Crippen molar-refractivity contribution in [1.82, 2.24) is 0 Å². The van der Waals surface area contributed by atoms with Gasteiger partial charge in [-0.2, -0.15) is 5.26 Å². The topological polar surface area (TPSA) is 122 Å². The fraction of sp³-hybridized carbons (Fsp3) is 0.182. The van der Waals surface area contributed by atoms with Crippen molar-refractivity contribution in [3.63, 3.8) is 0 Å². The predicted molar refractivity (Wildman–Crippen MR) is 60.2 cm³/mol. The molecule has 0 bridgehead atoms. The molecule has 0 fully saturated rings. The summed E-state index contributed by atoms with van der Waals surface area (Å²) in [6.07, 6.45) is 0. The molecule has 0 saturated heterocycles. The summed E-state index contributed by atoms with van der Waals surface area (Å²) in [4.78, 5) is 10.1. The molecule has 1 aliphatic rings. The van der Waals surface area contributed by atoms with Gasteiger partial charge in [-0.05, 0) is 18.2 Å². The van der Waals surface area contributed by atoms with Crippen LogP contribution in [0, 0.1) is 21.4 Å². The highest BCUT2D eigenvalue weighted by Crippen LogP contribution is 2.39. The number of rotatable bonds is 2. The lowest BCUT2D eigenvalue weighted by molar-refractivity contribution is -0.482. The molecule has 0 spiro atoms. The Morgan fingerprint density at radius 2 is 2.33 bits per heavy atom. The Morgan fingerprint density at radius 1 is 1.61 bits per heavy atom. The van der Waals surface area contributed by atoms with Gasteiger partial charge in [-0.1, -0.05) is 0 Å². The van der Waals surface area contributed by atoms with Crippen LogP contribution in [0.1, 0.15) is 11.5 Å². The van der Waals surface area contributed by atoms with Crippen LogP contribution in [0.2, 0.25) is 0 Å². The van der Waals surface area contributed by atoms with Crippen LogP contribution < -0.4 is 10.5 Å². The van der Waals surface area contributed by atoms with Crippen molar-refractivity contribution in [3.05, 3.63) is 45.3 Å². The molecule has 0 aliphatic carbocycles. The molecule has 1 aliphatic heterocycles. The van der Waals surface area contributed by atoms with Gasteiger partial charge in [0.15, 0.2) is 0 Å². The fourth-order valence-electron chi connectivity index (χ4n) is 1.87. The summed E-state index contributed by atoms with van der Waals surface area (Å²) in [7, 11) is 0. The van der Waals surface area contributed by atoms with Crippen LogP contribution in [0.4, 0.5) is 0 Å². The van der Waals surface area contributed by atoms with Crippen molar-refractivity contribution in [1.29, 1.82) is 5.26 Å². The SMILES string of the molecule is N#CC1=C(N)Oc2ccc(O)cc2C1C[N+](=O)[O-]. The lowest BCUT2D eigenvalue weighted by Crippen LogP contribution is -2.24. The molecule has 92 valence electrons. The van der Waals surface area contributed by atoms with Crippen molar-refractivity contribution in [2.45, 2.75) is 5.92 Å². The highest BCUT2D eigenvalue weighted by atomic mass is 16.6. The summed E-state index contributed by atoms with van der Waals surface area (Å²) >= 11 is 0. The van der Waals surface area contributed by atoms with Gasteiger partial charge in [0.2, 0.25) is 12.4 Å². The molecule has 1 atom stereocenters. The van der Waals surface area contributed by atoms with Crippen molar-refractivity contribution >= 4 is 0 Å². The molecule has 1 aromatic rings. The van der Waals surface area contributed by atoms with Gasteiger partial charge in [0.05, 0.1) is 5.92 Å². The van der Waals surface area contributed by atoms with E-state index in [2.05, 4.69) is 0 Å². The zero-order valence-electron chi connectivity index (χ0n) is 9.16. The van der Waals surface area contributed by atoms with Crippen LogP contribution >= 0.6 is 0 Å². The number of benzene rings is 1. The van der Waals surface area contributed by atoms with E-state index in [0.717, 1.165) is 0 Å². The van der Waals surface area contributed by atoms with E-state index in [-0.39, 0.29) is 17.2 Å². The van der Waals surface area contributed by atoms with E-state index in [4.69, 9.17) is 15.7 Å². The Morgan fingerprint density at radius 3 is 2.94 bits per heavy atom. The van der Waals surface area contributed by atoms with Crippen LogP contribution in [0.3, 0.4) is 0 Å². The summed E-state index contributed by atoms with van der Waals surface area (Å²) in [5.41, 5.74) is 5.95. The smallest absolute Gasteiger partial charge is 0.215 e. The zero-order valence-corrected chi connectivity index (χ0v) is 9.16. The van der Waals surface area contributed by atoms with E-state index in [9.17, 15) is 15.2 Å². The highest BCUT2D eigenvalue weighted by Gasteiger charge is 2.33. The number of nitro groups is 1. The lowest BCUT2D eigenvalue weighted by Gasteiger charge is -2.23. The second-order valence-electron chi connectivity index (χ2n) is 3.78. The third-order valence-corrected chi connectivity index (χ3v) is 2.65. The molecular formula is C11H9N3O4. The average Bonchev–Trinajstić information content (AvgIpc) is 2.30.